The van der Waals surface area contributed by atoms with Crippen molar-refractivity contribution in [2.24, 2.45) is 0 Å². The summed E-state index contributed by atoms with van der Waals surface area (Å²) in [7, 11) is 0. The van der Waals surface area contributed by atoms with E-state index in [0.29, 0.717) is 17.8 Å². The molecule has 1 unspecified atom stereocenters. The number of rotatable bonds is 7. The van der Waals surface area contributed by atoms with Crippen LogP contribution in [-0.2, 0) is 16.1 Å². The van der Waals surface area contributed by atoms with Crippen LogP contribution in [0.3, 0.4) is 0 Å². The number of ether oxygens (including phenoxy) is 1. The summed E-state index contributed by atoms with van der Waals surface area (Å²) >= 11 is 1.53. The van der Waals surface area contributed by atoms with Gasteiger partial charge in [-0.25, -0.2) is 9.78 Å². The van der Waals surface area contributed by atoms with Crippen LogP contribution in [0.15, 0.2) is 4.79 Å². The van der Waals surface area contributed by atoms with Gasteiger partial charge in [-0.05, 0) is 53.3 Å². The lowest BCUT2D eigenvalue weighted by atomic mass is 10.2. The number of esters is 1. The largest absolute Gasteiger partial charge is 0.461 e. The molecule has 1 atom stereocenters. The molecule has 6 nitrogen and oxygen atoms in total. The van der Waals surface area contributed by atoms with Crippen LogP contribution >= 0.6 is 11.3 Å². The number of nitrogens with zero attached hydrogens (tertiary/aromatic N) is 3. The number of fused-ring (bicyclic) bond motifs is 1. The van der Waals surface area contributed by atoms with Crippen molar-refractivity contribution in [2.45, 2.75) is 67.2 Å². The predicted molar refractivity (Wildman–Crippen MR) is 106 cm³/mol. The molecule has 0 aromatic carbocycles. The smallest absolute Gasteiger partial charge is 0.329 e. The van der Waals surface area contributed by atoms with E-state index < -0.39 is 12.0 Å². The van der Waals surface area contributed by atoms with Gasteiger partial charge in [-0.15, -0.1) is 11.3 Å². The monoisotopic (exact) mass is 379 g/mol. The average Bonchev–Trinajstić information content (AvgIpc) is 2.86. The first-order chi connectivity index (χ1) is 12.2. The molecule has 0 saturated heterocycles. The highest BCUT2D eigenvalue weighted by Gasteiger charge is 2.26. The molecule has 0 N–H and O–H groups in total. The molecule has 2 aromatic heterocycles. The van der Waals surface area contributed by atoms with Crippen LogP contribution in [0.25, 0.3) is 10.2 Å². The van der Waals surface area contributed by atoms with E-state index in [0.717, 1.165) is 28.4 Å². The molecule has 0 saturated carbocycles. The molecule has 2 rings (SSSR count). The maximum absolute atomic E-state index is 13.3. The van der Waals surface area contributed by atoms with E-state index in [1.54, 1.807) is 20.8 Å². The quantitative estimate of drug-likeness (QED) is 0.690. The first-order valence-electron chi connectivity index (χ1n) is 9.15. The maximum atomic E-state index is 13.3. The molecule has 2 aromatic rings. The lowest BCUT2D eigenvalue weighted by molar-refractivity contribution is -0.151. The SMILES string of the molecule is CCN(CC)Cc1nc2sc(C)c(C)c2c(=O)n1C(C)C(=O)OC(C)C. The van der Waals surface area contributed by atoms with Gasteiger partial charge in [-0.3, -0.25) is 14.3 Å². The Hall–Kier alpha value is -1.73. The Morgan fingerprint density at radius 3 is 2.38 bits per heavy atom. The summed E-state index contributed by atoms with van der Waals surface area (Å²) in [5.74, 6) is 0.203. The van der Waals surface area contributed by atoms with Gasteiger partial charge in [0.05, 0.1) is 18.0 Å². The second kappa shape index (κ2) is 8.31. The Kier molecular flexibility index (Phi) is 6.58. The lowest BCUT2D eigenvalue weighted by Crippen LogP contribution is -2.36. The third kappa shape index (κ3) is 3.99. The Morgan fingerprint density at radius 2 is 1.85 bits per heavy atom. The van der Waals surface area contributed by atoms with E-state index in [1.165, 1.54) is 15.9 Å². The number of hydrogen-bond acceptors (Lipinski definition) is 6. The second-order valence-corrected chi connectivity index (χ2v) is 7.99. The number of hydrogen-bond donors (Lipinski definition) is 0. The molecular weight excluding hydrogens is 350 g/mol. The highest BCUT2D eigenvalue weighted by Crippen LogP contribution is 2.27. The normalized spacial score (nSPS) is 13.0. The van der Waals surface area contributed by atoms with E-state index in [2.05, 4.69) is 18.7 Å². The molecular formula is C19H29N3O3S. The van der Waals surface area contributed by atoms with Crippen molar-refractivity contribution in [1.82, 2.24) is 14.5 Å². The number of carbonyl (C=O) groups is 1. The maximum Gasteiger partial charge on any atom is 0.329 e. The molecule has 0 radical (unpaired) electrons. The Labute approximate surface area is 158 Å². The zero-order chi connectivity index (χ0) is 19.6. The highest BCUT2D eigenvalue weighted by molar-refractivity contribution is 7.18. The van der Waals surface area contributed by atoms with Gasteiger partial charge in [0.25, 0.3) is 5.56 Å². The minimum Gasteiger partial charge on any atom is -0.461 e. The molecule has 144 valence electrons. The van der Waals surface area contributed by atoms with Crippen molar-refractivity contribution in [2.75, 3.05) is 13.1 Å². The fraction of sp³-hybridized carbons (Fsp3) is 0.632. The molecule has 0 amide bonds. The molecule has 0 fully saturated rings. The highest BCUT2D eigenvalue weighted by atomic mass is 32.1. The Morgan fingerprint density at radius 1 is 1.23 bits per heavy atom. The first kappa shape index (κ1) is 20.6. The van der Waals surface area contributed by atoms with E-state index in [-0.39, 0.29) is 11.7 Å². The van der Waals surface area contributed by atoms with Gasteiger partial charge in [0.2, 0.25) is 0 Å². The summed E-state index contributed by atoms with van der Waals surface area (Å²) in [6.07, 6.45) is -0.228. The van der Waals surface area contributed by atoms with Gasteiger partial charge in [-0.2, -0.15) is 0 Å². The summed E-state index contributed by atoms with van der Waals surface area (Å²) in [5, 5.41) is 0.611. The van der Waals surface area contributed by atoms with Crippen LogP contribution in [0, 0.1) is 13.8 Å². The van der Waals surface area contributed by atoms with Crippen molar-refractivity contribution in [1.29, 1.82) is 0 Å². The van der Waals surface area contributed by atoms with Crippen molar-refractivity contribution in [3.05, 3.63) is 26.6 Å². The summed E-state index contributed by atoms with van der Waals surface area (Å²) in [4.78, 5) is 34.5. The molecule has 0 aliphatic rings. The minimum atomic E-state index is -0.716. The fourth-order valence-corrected chi connectivity index (χ4v) is 3.98. The molecule has 0 bridgehead atoms. The van der Waals surface area contributed by atoms with E-state index in [9.17, 15) is 9.59 Å². The Bertz CT molecular complexity index is 850. The van der Waals surface area contributed by atoms with Crippen LogP contribution in [0.4, 0.5) is 0 Å². The molecule has 2 heterocycles. The fourth-order valence-electron chi connectivity index (χ4n) is 2.94. The Balaban J connectivity index is 2.66. The van der Waals surface area contributed by atoms with Gasteiger partial charge < -0.3 is 4.74 Å². The standard InChI is InChI=1S/C19H29N3O3S/c1-8-21(9-2)10-15-20-17-16(12(5)14(7)26-17)18(23)22(15)13(6)19(24)25-11(3)4/h11,13H,8-10H2,1-7H3. The number of aromatic nitrogens is 2. The van der Waals surface area contributed by atoms with E-state index in [4.69, 9.17) is 9.72 Å². The number of thiophene rings is 1. The number of aryl methyl sites for hydroxylation is 2. The minimum absolute atomic E-state index is 0.160. The van der Waals surface area contributed by atoms with Crippen LogP contribution in [0.1, 0.15) is 56.9 Å². The molecule has 0 spiro atoms. The van der Waals surface area contributed by atoms with Crippen molar-refractivity contribution in [3.63, 3.8) is 0 Å². The van der Waals surface area contributed by atoms with Crippen LogP contribution in [-0.4, -0.2) is 39.6 Å². The van der Waals surface area contributed by atoms with Crippen LogP contribution in [0.5, 0.6) is 0 Å². The van der Waals surface area contributed by atoms with Crippen molar-refractivity contribution >= 4 is 27.5 Å². The summed E-state index contributed by atoms with van der Waals surface area (Å²) in [6, 6.07) is -0.716. The van der Waals surface area contributed by atoms with Crippen LogP contribution in [0.2, 0.25) is 0 Å². The van der Waals surface area contributed by atoms with Crippen molar-refractivity contribution < 1.29 is 9.53 Å². The van der Waals surface area contributed by atoms with Gasteiger partial charge in [0, 0.05) is 4.88 Å². The zero-order valence-electron chi connectivity index (χ0n) is 16.8. The van der Waals surface area contributed by atoms with Crippen LogP contribution < -0.4 is 5.56 Å². The van der Waals surface area contributed by atoms with Crippen molar-refractivity contribution in [3.8, 4) is 0 Å². The van der Waals surface area contributed by atoms with Gasteiger partial charge in [0.1, 0.15) is 16.7 Å². The predicted octanol–water partition coefficient (Wildman–Crippen LogP) is 3.43. The van der Waals surface area contributed by atoms with Gasteiger partial charge in [0.15, 0.2) is 0 Å². The lowest BCUT2D eigenvalue weighted by Gasteiger charge is -2.23. The van der Waals surface area contributed by atoms with Gasteiger partial charge >= 0.3 is 5.97 Å². The first-order valence-corrected chi connectivity index (χ1v) is 9.96. The molecule has 0 aliphatic carbocycles. The summed E-state index contributed by atoms with van der Waals surface area (Å²) < 4.78 is 6.86. The van der Waals surface area contributed by atoms with Gasteiger partial charge in [-0.1, -0.05) is 13.8 Å². The summed E-state index contributed by atoms with van der Waals surface area (Å²) in [6.45, 7) is 15.6. The number of carbonyl (C=O) groups excluding carboxylic acids is 1. The molecule has 7 heteroatoms. The molecule has 26 heavy (non-hydrogen) atoms. The molecule has 0 aliphatic heterocycles. The van der Waals surface area contributed by atoms with E-state index in [1.807, 2.05) is 13.8 Å². The second-order valence-electron chi connectivity index (χ2n) is 6.79. The zero-order valence-corrected chi connectivity index (χ0v) is 17.6. The average molecular weight is 380 g/mol. The third-order valence-corrected chi connectivity index (χ3v) is 5.75. The van der Waals surface area contributed by atoms with E-state index >= 15 is 0 Å². The third-order valence-electron chi connectivity index (χ3n) is 4.65. The summed E-state index contributed by atoms with van der Waals surface area (Å²) in [5.41, 5.74) is 0.780. The topological polar surface area (TPSA) is 64.4 Å².